The van der Waals surface area contributed by atoms with E-state index in [4.69, 9.17) is 12.2 Å². The van der Waals surface area contributed by atoms with E-state index < -0.39 is 11.8 Å². The normalized spacial score (nSPS) is 16.2. The van der Waals surface area contributed by atoms with Gasteiger partial charge < -0.3 is 5.11 Å². The highest BCUT2D eigenvalue weighted by atomic mass is 79.9. The minimum atomic E-state index is -0.547. The van der Waals surface area contributed by atoms with Crippen molar-refractivity contribution in [1.82, 2.24) is 5.32 Å². The van der Waals surface area contributed by atoms with Crippen LogP contribution in [0.25, 0.3) is 6.08 Å². The Bertz CT molecular complexity index is 961. The number of amides is 2. The predicted molar refractivity (Wildman–Crippen MR) is 108 cm³/mol. The van der Waals surface area contributed by atoms with Crippen LogP contribution < -0.4 is 10.2 Å². The number of hydrogen-bond acceptors (Lipinski definition) is 4. The average molecular weight is 431 g/mol. The second kappa shape index (κ2) is 7.01. The molecule has 1 fully saturated rings. The molecule has 0 bridgehead atoms. The second-order valence-corrected chi connectivity index (χ2v) is 7.24. The van der Waals surface area contributed by atoms with E-state index in [1.54, 1.807) is 44.2 Å². The lowest BCUT2D eigenvalue weighted by Crippen LogP contribution is -2.54. The molecule has 1 aliphatic rings. The van der Waals surface area contributed by atoms with Gasteiger partial charge in [0.05, 0.1) is 5.69 Å². The van der Waals surface area contributed by atoms with Crippen LogP contribution in [-0.4, -0.2) is 22.0 Å². The molecule has 2 N–H and O–H groups in total. The molecule has 0 radical (unpaired) electrons. The van der Waals surface area contributed by atoms with Crippen LogP contribution in [-0.2, 0) is 9.59 Å². The van der Waals surface area contributed by atoms with E-state index in [-0.39, 0.29) is 16.4 Å². The number of halogens is 1. The monoisotopic (exact) mass is 430 g/mol. The lowest BCUT2D eigenvalue weighted by Gasteiger charge is -2.29. The molecule has 1 saturated heterocycles. The first kappa shape index (κ1) is 18.3. The van der Waals surface area contributed by atoms with Crippen molar-refractivity contribution in [2.75, 3.05) is 4.90 Å². The predicted octanol–water partition coefficient (Wildman–Crippen LogP) is 3.60. The van der Waals surface area contributed by atoms with Crippen molar-refractivity contribution in [3.8, 4) is 5.75 Å². The number of nitrogens with one attached hydrogen (secondary N) is 1. The van der Waals surface area contributed by atoms with Crippen molar-refractivity contribution < 1.29 is 14.7 Å². The number of carbonyl (C=O) groups is 2. The Hall–Kier alpha value is -2.51. The maximum absolute atomic E-state index is 12.9. The van der Waals surface area contributed by atoms with Gasteiger partial charge in [0.25, 0.3) is 11.8 Å². The van der Waals surface area contributed by atoms with Gasteiger partial charge in [0, 0.05) is 4.47 Å². The highest BCUT2D eigenvalue weighted by Crippen LogP contribution is 2.27. The van der Waals surface area contributed by atoms with Gasteiger partial charge >= 0.3 is 0 Å². The summed E-state index contributed by atoms with van der Waals surface area (Å²) in [5.74, 6) is -0.849. The van der Waals surface area contributed by atoms with E-state index in [1.165, 1.54) is 11.0 Å². The van der Waals surface area contributed by atoms with Crippen molar-refractivity contribution in [2.45, 2.75) is 13.8 Å². The van der Waals surface area contributed by atoms with E-state index in [9.17, 15) is 14.7 Å². The molecule has 5 nitrogen and oxygen atoms in total. The second-order valence-electron chi connectivity index (χ2n) is 5.94. The zero-order valence-electron chi connectivity index (χ0n) is 14.0. The molecule has 7 heteroatoms. The molecule has 0 unspecified atom stereocenters. The van der Waals surface area contributed by atoms with Crippen LogP contribution in [0.4, 0.5) is 5.69 Å². The molecular weight excluding hydrogens is 416 g/mol. The van der Waals surface area contributed by atoms with Gasteiger partial charge in [-0.05, 0) is 79.2 Å². The third-order valence-electron chi connectivity index (χ3n) is 3.99. The van der Waals surface area contributed by atoms with E-state index in [0.717, 1.165) is 4.47 Å². The number of hydrogen-bond donors (Lipinski definition) is 2. The van der Waals surface area contributed by atoms with Crippen LogP contribution in [0.1, 0.15) is 16.7 Å². The number of phenols is 1. The Kier molecular flexibility index (Phi) is 4.93. The quantitative estimate of drug-likeness (QED) is 0.433. The third-order valence-corrected chi connectivity index (χ3v) is 4.77. The number of rotatable bonds is 2. The lowest BCUT2D eigenvalue weighted by molar-refractivity contribution is -0.122. The van der Waals surface area contributed by atoms with Crippen LogP contribution in [0.2, 0.25) is 0 Å². The third kappa shape index (κ3) is 3.40. The highest BCUT2D eigenvalue weighted by Gasteiger charge is 2.34. The summed E-state index contributed by atoms with van der Waals surface area (Å²) in [5.41, 5.74) is 2.51. The van der Waals surface area contributed by atoms with Crippen LogP contribution in [0, 0.1) is 13.8 Å². The molecule has 0 aliphatic carbocycles. The van der Waals surface area contributed by atoms with Crippen molar-refractivity contribution in [3.05, 3.63) is 63.1 Å². The Morgan fingerprint density at radius 1 is 1.15 bits per heavy atom. The Balaban J connectivity index is 2.06. The highest BCUT2D eigenvalue weighted by molar-refractivity contribution is 9.10. The largest absolute Gasteiger partial charge is 0.507 e. The fraction of sp³-hybridized carbons (Fsp3) is 0.105. The maximum atomic E-state index is 12.9. The van der Waals surface area contributed by atoms with Crippen LogP contribution >= 0.6 is 28.1 Å². The van der Waals surface area contributed by atoms with E-state index in [2.05, 4.69) is 21.2 Å². The fourth-order valence-electron chi connectivity index (χ4n) is 2.75. The number of phenolic OH excluding ortho intramolecular Hbond substituents is 1. The summed E-state index contributed by atoms with van der Waals surface area (Å²) in [5, 5.41) is 12.5. The first-order valence-corrected chi connectivity index (χ1v) is 8.95. The number of benzene rings is 2. The minimum absolute atomic E-state index is 0.0249. The zero-order chi connectivity index (χ0) is 19.0. The molecule has 0 atom stereocenters. The molecule has 0 spiro atoms. The van der Waals surface area contributed by atoms with Gasteiger partial charge in [0.2, 0.25) is 0 Å². The molecule has 2 aromatic carbocycles. The van der Waals surface area contributed by atoms with Crippen molar-refractivity contribution >= 4 is 56.8 Å². The Morgan fingerprint density at radius 2 is 1.81 bits per heavy atom. The molecule has 3 rings (SSSR count). The van der Waals surface area contributed by atoms with Gasteiger partial charge in [-0.25, -0.2) is 0 Å². The number of carbonyl (C=O) groups excluding carboxylic acids is 2. The van der Waals surface area contributed by atoms with E-state index >= 15 is 0 Å². The Labute approximate surface area is 164 Å². The maximum Gasteiger partial charge on any atom is 0.270 e. The minimum Gasteiger partial charge on any atom is -0.507 e. The van der Waals surface area contributed by atoms with Gasteiger partial charge in [-0.2, -0.15) is 0 Å². The van der Waals surface area contributed by atoms with Gasteiger partial charge in [0.15, 0.2) is 5.11 Å². The molecule has 2 amide bonds. The summed E-state index contributed by atoms with van der Waals surface area (Å²) >= 11 is 8.55. The van der Waals surface area contributed by atoms with Gasteiger partial charge in [-0.1, -0.05) is 22.0 Å². The summed E-state index contributed by atoms with van der Waals surface area (Å²) in [7, 11) is 0. The number of thiocarbonyl (C=S) groups is 1. The number of aromatic hydroxyl groups is 1. The lowest BCUT2D eigenvalue weighted by atomic mass is 10.0. The molecular formula is C19H15BrN2O3S. The number of anilines is 1. The Morgan fingerprint density at radius 3 is 2.42 bits per heavy atom. The summed E-state index contributed by atoms with van der Waals surface area (Å²) in [6.45, 7) is 3.52. The molecule has 132 valence electrons. The summed E-state index contributed by atoms with van der Waals surface area (Å²) in [6.07, 6.45) is 1.50. The summed E-state index contributed by atoms with van der Waals surface area (Å²) in [4.78, 5) is 26.6. The zero-order valence-corrected chi connectivity index (χ0v) is 16.4. The van der Waals surface area contributed by atoms with Crippen LogP contribution in [0.5, 0.6) is 5.75 Å². The van der Waals surface area contributed by atoms with Gasteiger partial charge in [0.1, 0.15) is 11.3 Å². The standard InChI is InChI=1S/C19H15BrN2O3S/c1-10-6-12(7-11(2)16(10)23)8-15-17(24)21-19(26)22(18(15)25)14-5-3-4-13(20)9-14/h3-9,23H,1-2H3,(H,21,24,26)/b15-8+. The summed E-state index contributed by atoms with van der Waals surface area (Å²) < 4.78 is 0.790. The molecule has 0 aromatic heterocycles. The molecule has 0 saturated carbocycles. The van der Waals surface area contributed by atoms with Gasteiger partial charge in [-0.3, -0.25) is 19.8 Å². The molecule has 1 heterocycles. The fourth-order valence-corrected chi connectivity index (χ4v) is 3.41. The first-order chi connectivity index (χ1) is 12.3. The van der Waals surface area contributed by atoms with E-state index in [1.807, 2.05) is 6.07 Å². The summed E-state index contributed by atoms with van der Waals surface area (Å²) in [6, 6.07) is 10.5. The number of nitrogens with zero attached hydrogens (tertiary/aromatic N) is 1. The number of aryl methyl sites for hydroxylation is 2. The van der Waals surface area contributed by atoms with Crippen LogP contribution in [0.3, 0.4) is 0 Å². The molecule has 1 aliphatic heterocycles. The molecule has 2 aromatic rings. The molecule has 26 heavy (non-hydrogen) atoms. The van der Waals surface area contributed by atoms with Gasteiger partial charge in [-0.15, -0.1) is 0 Å². The van der Waals surface area contributed by atoms with E-state index in [0.29, 0.717) is 22.4 Å². The average Bonchev–Trinajstić information content (AvgIpc) is 2.56. The van der Waals surface area contributed by atoms with Crippen molar-refractivity contribution in [3.63, 3.8) is 0 Å². The SMILES string of the molecule is Cc1cc(/C=C2\C(=O)NC(=S)N(c3cccc(Br)c3)C2=O)cc(C)c1O. The smallest absolute Gasteiger partial charge is 0.270 e. The first-order valence-electron chi connectivity index (χ1n) is 7.75. The van der Waals surface area contributed by atoms with Crippen LogP contribution in [0.15, 0.2) is 46.4 Å². The van der Waals surface area contributed by atoms with Crippen molar-refractivity contribution in [2.24, 2.45) is 0 Å². The van der Waals surface area contributed by atoms with Crippen molar-refractivity contribution in [1.29, 1.82) is 0 Å². The topological polar surface area (TPSA) is 69.6 Å².